The zero-order chi connectivity index (χ0) is 19.1. The number of nitrogens with one attached hydrogen (secondary N) is 1. The van der Waals surface area contributed by atoms with Crippen LogP contribution in [0.2, 0.25) is 0 Å². The molecule has 1 atom stereocenters. The Labute approximate surface area is 164 Å². The van der Waals surface area contributed by atoms with Gasteiger partial charge in [-0.15, -0.1) is 0 Å². The molecule has 4 heterocycles. The molecule has 144 valence electrons. The smallest absolute Gasteiger partial charge is 0.231 e. The molecule has 0 saturated carbocycles. The largest absolute Gasteiger partial charge is 0.454 e. The molecule has 3 N–H and O–H groups in total. The number of hydrogen-bond acceptors (Lipinski definition) is 7. The number of rotatable bonds is 2. The number of ether oxygens (including phenoxy) is 2. The molecule has 0 bridgehead atoms. The summed E-state index contributed by atoms with van der Waals surface area (Å²) in [7, 11) is 0. The summed E-state index contributed by atoms with van der Waals surface area (Å²) in [6.45, 7) is 3.77. The summed E-state index contributed by atoms with van der Waals surface area (Å²) in [5.74, 6) is 2.25. The molecule has 3 aliphatic heterocycles. The second-order valence-corrected chi connectivity index (χ2v) is 7.58. The van der Waals surface area contributed by atoms with Crippen LogP contribution in [0.15, 0.2) is 18.2 Å². The van der Waals surface area contributed by atoms with Gasteiger partial charge in [-0.25, -0.2) is 4.98 Å². The molecule has 1 aromatic heterocycles. The Balaban J connectivity index is 1.54. The number of benzene rings is 1. The molecule has 1 fully saturated rings. The molecule has 7 heteroatoms. The molecule has 0 aliphatic carbocycles. The zero-order valence-corrected chi connectivity index (χ0v) is 15.7. The zero-order valence-electron chi connectivity index (χ0n) is 15.7. The molecule has 1 saturated heterocycles. The maximum Gasteiger partial charge on any atom is 0.231 e. The van der Waals surface area contributed by atoms with Crippen molar-refractivity contribution in [1.82, 2.24) is 10.3 Å². The van der Waals surface area contributed by atoms with Crippen molar-refractivity contribution >= 4 is 11.5 Å². The van der Waals surface area contributed by atoms with Gasteiger partial charge in [-0.1, -0.05) is 0 Å². The van der Waals surface area contributed by atoms with Crippen molar-refractivity contribution in [3.8, 4) is 17.6 Å². The van der Waals surface area contributed by atoms with Gasteiger partial charge in [0.25, 0.3) is 0 Å². The van der Waals surface area contributed by atoms with Crippen molar-refractivity contribution in [2.24, 2.45) is 0 Å². The predicted molar refractivity (Wildman–Crippen MR) is 106 cm³/mol. The first kappa shape index (κ1) is 17.1. The third-order valence-corrected chi connectivity index (χ3v) is 5.96. The van der Waals surface area contributed by atoms with Gasteiger partial charge in [0.15, 0.2) is 11.5 Å². The van der Waals surface area contributed by atoms with Crippen LogP contribution in [0.25, 0.3) is 0 Å². The molecule has 0 radical (unpaired) electrons. The first-order chi connectivity index (χ1) is 13.7. The average molecular weight is 377 g/mol. The maximum atomic E-state index is 9.79. The van der Waals surface area contributed by atoms with Gasteiger partial charge in [-0.05, 0) is 48.6 Å². The highest BCUT2D eigenvalue weighted by Crippen LogP contribution is 2.39. The highest BCUT2D eigenvalue weighted by atomic mass is 16.7. The normalized spacial score (nSPS) is 20.5. The molecule has 7 nitrogen and oxygen atoms in total. The summed E-state index contributed by atoms with van der Waals surface area (Å²) in [4.78, 5) is 6.91. The van der Waals surface area contributed by atoms with Crippen LogP contribution in [0.5, 0.6) is 11.5 Å². The minimum atomic E-state index is 0.273. The number of nitriles is 1. The highest BCUT2D eigenvalue weighted by molar-refractivity contribution is 5.62. The topological polar surface area (TPSA) is 96.4 Å². The molecular formula is C21H23N5O2. The Morgan fingerprint density at radius 3 is 3.00 bits per heavy atom. The second kappa shape index (κ2) is 6.88. The first-order valence-corrected chi connectivity index (χ1v) is 9.81. The SMILES string of the molecule is N#Cc1c(N)nc2c(c1C1CCCNC1)CN(c1ccc3c(c1)OCO3)CC2. The Bertz CT molecular complexity index is 962. The van der Waals surface area contributed by atoms with Gasteiger partial charge in [0.05, 0.1) is 5.56 Å². The lowest BCUT2D eigenvalue weighted by Gasteiger charge is -2.34. The highest BCUT2D eigenvalue weighted by Gasteiger charge is 2.30. The quantitative estimate of drug-likeness (QED) is 0.829. The fraction of sp³-hybridized carbons (Fsp3) is 0.429. The van der Waals surface area contributed by atoms with Crippen LogP contribution in [0.3, 0.4) is 0 Å². The van der Waals surface area contributed by atoms with Gasteiger partial charge in [0.1, 0.15) is 11.9 Å². The number of nitrogens with zero attached hydrogens (tertiary/aromatic N) is 3. The molecule has 0 spiro atoms. The fourth-order valence-electron chi connectivity index (χ4n) is 4.58. The summed E-state index contributed by atoms with van der Waals surface area (Å²) >= 11 is 0. The Hall–Kier alpha value is -2.98. The Morgan fingerprint density at radius 1 is 1.29 bits per heavy atom. The van der Waals surface area contributed by atoms with E-state index in [0.29, 0.717) is 17.3 Å². The van der Waals surface area contributed by atoms with Crippen LogP contribution in [-0.4, -0.2) is 31.4 Å². The molecule has 3 aliphatic rings. The van der Waals surface area contributed by atoms with Crippen molar-refractivity contribution in [3.05, 3.63) is 40.6 Å². The molecule has 5 rings (SSSR count). The summed E-state index contributed by atoms with van der Waals surface area (Å²) in [5, 5.41) is 13.3. The van der Waals surface area contributed by atoms with Crippen LogP contribution in [-0.2, 0) is 13.0 Å². The Morgan fingerprint density at radius 2 is 2.18 bits per heavy atom. The lowest BCUT2D eigenvalue weighted by Crippen LogP contribution is -2.35. The number of nitrogen functional groups attached to an aromatic ring is 1. The number of pyridine rings is 1. The van der Waals surface area contributed by atoms with Gasteiger partial charge in [-0.3, -0.25) is 0 Å². The van der Waals surface area contributed by atoms with E-state index in [0.717, 1.165) is 73.9 Å². The minimum Gasteiger partial charge on any atom is -0.454 e. The van der Waals surface area contributed by atoms with Crippen molar-refractivity contribution in [2.75, 3.05) is 37.1 Å². The molecule has 1 aromatic carbocycles. The summed E-state index contributed by atoms with van der Waals surface area (Å²) in [5.41, 5.74) is 11.1. The lowest BCUT2D eigenvalue weighted by molar-refractivity contribution is 0.174. The van der Waals surface area contributed by atoms with E-state index in [9.17, 15) is 5.26 Å². The van der Waals surface area contributed by atoms with E-state index >= 15 is 0 Å². The molecule has 2 aromatic rings. The van der Waals surface area contributed by atoms with Crippen LogP contribution in [0.4, 0.5) is 11.5 Å². The number of hydrogen-bond donors (Lipinski definition) is 2. The average Bonchev–Trinajstić information content (AvgIpc) is 3.21. The van der Waals surface area contributed by atoms with Gasteiger partial charge < -0.3 is 25.4 Å². The van der Waals surface area contributed by atoms with Crippen LogP contribution < -0.4 is 25.4 Å². The number of nitrogens with two attached hydrogens (primary N) is 1. The van der Waals surface area contributed by atoms with E-state index < -0.39 is 0 Å². The van der Waals surface area contributed by atoms with Crippen molar-refractivity contribution in [2.45, 2.75) is 31.7 Å². The molecule has 1 unspecified atom stereocenters. The maximum absolute atomic E-state index is 9.79. The molecule has 28 heavy (non-hydrogen) atoms. The first-order valence-electron chi connectivity index (χ1n) is 9.81. The summed E-state index contributed by atoms with van der Waals surface area (Å²) in [6, 6.07) is 8.39. The predicted octanol–water partition coefficient (Wildman–Crippen LogP) is 2.29. The number of piperidine rings is 1. The fourth-order valence-corrected chi connectivity index (χ4v) is 4.58. The second-order valence-electron chi connectivity index (χ2n) is 7.58. The number of aromatic nitrogens is 1. The Kier molecular flexibility index (Phi) is 4.21. The van der Waals surface area contributed by atoms with Crippen LogP contribution in [0.1, 0.15) is 41.1 Å². The van der Waals surface area contributed by atoms with Gasteiger partial charge >= 0.3 is 0 Å². The number of fused-ring (bicyclic) bond motifs is 2. The third kappa shape index (κ3) is 2.81. The van der Waals surface area contributed by atoms with E-state index in [1.807, 2.05) is 12.1 Å². The standard InChI is InChI=1S/C21H23N5O2/c22-9-15-20(13-2-1-6-24-10-13)16-11-26(7-5-17(16)25-21(15)23)14-3-4-18-19(8-14)28-12-27-18/h3-4,8,13,24H,1-2,5-7,10-12H2,(H2,23,25). The van der Waals surface area contributed by atoms with Gasteiger partial charge in [-0.2, -0.15) is 5.26 Å². The molecular weight excluding hydrogens is 354 g/mol. The summed E-state index contributed by atoms with van der Waals surface area (Å²) in [6.07, 6.45) is 2.99. The van der Waals surface area contributed by atoms with Crippen LogP contribution >= 0.6 is 0 Å². The van der Waals surface area contributed by atoms with E-state index in [4.69, 9.17) is 15.2 Å². The van der Waals surface area contributed by atoms with Gasteiger partial charge in [0, 0.05) is 43.5 Å². The van der Waals surface area contributed by atoms with E-state index in [-0.39, 0.29) is 6.79 Å². The van der Waals surface area contributed by atoms with E-state index in [2.05, 4.69) is 27.3 Å². The van der Waals surface area contributed by atoms with E-state index in [1.54, 1.807) is 0 Å². The third-order valence-electron chi connectivity index (χ3n) is 5.96. The lowest BCUT2D eigenvalue weighted by atomic mass is 9.83. The minimum absolute atomic E-state index is 0.273. The summed E-state index contributed by atoms with van der Waals surface area (Å²) < 4.78 is 11.0. The van der Waals surface area contributed by atoms with Crippen molar-refractivity contribution < 1.29 is 9.47 Å². The van der Waals surface area contributed by atoms with Crippen molar-refractivity contribution in [1.29, 1.82) is 5.26 Å². The molecule has 0 amide bonds. The van der Waals surface area contributed by atoms with E-state index in [1.165, 1.54) is 5.56 Å². The van der Waals surface area contributed by atoms with Crippen molar-refractivity contribution in [3.63, 3.8) is 0 Å². The number of anilines is 2. The van der Waals surface area contributed by atoms with Crippen LogP contribution in [0, 0.1) is 11.3 Å². The monoisotopic (exact) mass is 377 g/mol. The van der Waals surface area contributed by atoms with Gasteiger partial charge in [0.2, 0.25) is 6.79 Å².